The molecule has 322 valence electrons. The van der Waals surface area contributed by atoms with E-state index < -0.39 is 5.91 Å². The van der Waals surface area contributed by atoms with Crippen molar-refractivity contribution >= 4 is 72.5 Å². The van der Waals surface area contributed by atoms with Crippen LogP contribution in [0.5, 0.6) is 0 Å². The van der Waals surface area contributed by atoms with E-state index in [0.717, 1.165) is 61.5 Å². The third kappa shape index (κ3) is 11.3. The van der Waals surface area contributed by atoms with Crippen molar-refractivity contribution in [3.05, 3.63) is 149 Å². The van der Waals surface area contributed by atoms with Crippen LogP contribution < -0.4 is 10.8 Å². The van der Waals surface area contributed by atoms with E-state index in [1.165, 1.54) is 7.11 Å². The molecule has 0 saturated carbocycles. The molecule has 0 aliphatic heterocycles. The number of anilines is 2. The number of methoxy groups -OCH3 is 4. The zero-order chi connectivity index (χ0) is 43.8. The molecule has 0 unspecified atom stereocenters. The minimum Gasteiger partial charge on any atom is -0.465 e. The maximum Gasteiger partial charge on any atom is 0.337 e. The number of carbonyl (C=O) groups is 2. The van der Waals surface area contributed by atoms with Crippen LogP contribution in [0.2, 0.25) is 0 Å². The molecular formula is C46H49BrN8O7. The second-order valence-corrected chi connectivity index (χ2v) is 14.5. The van der Waals surface area contributed by atoms with Gasteiger partial charge in [-0.05, 0) is 88.2 Å². The van der Waals surface area contributed by atoms with Crippen molar-refractivity contribution in [1.82, 2.24) is 34.1 Å². The predicted molar refractivity (Wildman–Crippen MR) is 242 cm³/mol. The van der Waals surface area contributed by atoms with E-state index in [2.05, 4.69) is 51.0 Å². The molecule has 3 aromatic heterocycles. The van der Waals surface area contributed by atoms with E-state index in [1.807, 2.05) is 78.9 Å². The summed E-state index contributed by atoms with van der Waals surface area (Å²) in [5, 5.41) is 12.1. The molecule has 3 heterocycles. The van der Waals surface area contributed by atoms with Gasteiger partial charge in [0, 0.05) is 58.6 Å². The molecule has 0 radical (unpaired) electrons. The van der Waals surface area contributed by atoms with Crippen LogP contribution in [-0.2, 0) is 45.0 Å². The van der Waals surface area contributed by atoms with Gasteiger partial charge < -0.3 is 38.0 Å². The summed E-state index contributed by atoms with van der Waals surface area (Å²) in [6.07, 6.45) is 0.588. The van der Waals surface area contributed by atoms with Gasteiger partial charge in [-0.2, -0.15) is 0 Å². The third-order valence-corrected chi connectivity index (χ3v) is 10.4. The molecule has 5 aromatic carbocycles. The molecule has 1 amide bonds. The van der Waals surface area contributed by atoms with Gasteiger partial charge in [0.15, 0.2) is 4.73 Å². The largest absolute Gasteiger partial charge is 0.465 e. The van der Waals surface area contributed by atoms with Crippen LogP contribution in [0.25, 0.3) is 33.1 Å². The Morgan fingerprint density at radius 3 is 1.77 bits per heavy atom. The Morgan fingerprint density at radius 1 is 0.613 bits per heavy atom. The lowest BCUT2D eigenvalue weighted by molar-refractivity contribution is 0.0600. The fraction of sp³-hybridized carbons (Fsp3) is 0.239. The first kappa shape index (κ1) is 45.1. The van der Waals surface area contributed by atoms with E-state index >= 15 is 0 Å². The molecule has 16 heteroatoms. The van der Waals surface area contributed by atoms with Crippen LogP contribution in [0.4, 0.5) is 11.6 Å². The highest BCUT2D eigenvalue weighted by molar-refractivity contribution is 9.10. The van der Waals surface area contributed by atoms with Gasteiger partial charge in [0.05, 0.1) is 65.6 Å². The molecular weight excluding hydrogens is 856 g/mol. The van der Waals surface area contributed by atoms with E-state index in [4.69, 9.17) is 29.1 Å². The zero-order valence-electron chi connectivity index (χ0n) is 35.0. The first-order chi connectivity index (χ1) is 30.3. The molecule has 62 heavy (non-hydrogen) atoms. The quantitative estimate of drug-likeness (QED) is 0.0517. The summed E-state index contributed by atoms with van der Waals surface area (Å²) in [5.41, 5.74) is 10.4. The summed E-state index contributed by atoms with van der Waals surface area (Å²) in [5.74, 6) is 0.723. The number of ether oxygens (including phenoxy) is 4. The number of amides is 1. The molecule has 0 aliphatic carbocycles. The van der Waals surface area contributed by atoms with E-state index in [0.29, 0.717) is 56.4 Å². The Bertz CT molecular complexity index is 2590. The minimum atomic E-state index is -0.523. The predicted octanol–water partition coefficient (Wildman–Crippen LogP) is 8.05. The van der Waals surface area contributed by atoms with Crippen LogP contribution in [0.1, 0.15) is 32.1 Å². The fourth-order valence-electron chi connectivity index (χ4n) is 6.75. The lowest BCUT2D eigenvalue weighted by Gasteiger charge is -2.11. The number of nitrogens with one attached hydrogen (secondary N) is 2. The maximum absolute atomic E-state index is 11.7. The van der Waals surface area contributed by atoms with Crippen molar-refractivity contribution in [2.45, 2.75) is 26.1 Å². The third-order valence-electron chi connectivity index (χ3n) is 9.75. The normalized spacial score (nSPS) is 10.9. The molecule has 0 spiro atoms. The second-order valence-electron chi connectivity index (χ2n) is 13.8. The van der Waals surface area contributed by atoms with Crippen LogP contribution >= 0.6 is 15.9 Å². The van der Waals surface area contributed by atoms with E-state index in [9.17, 15) is 9.59 Å². The van der Waals surface area contributed by atoms with E-state index in [-0.39, 0.29) is 5.97 Å². The topological polar surface area (TPSA) is 169 Å². The molecule has 15 nitrogen and oxygen atoms in total. The first-order valence-electron chi connectivity index (χ1n) is 19.7. The lowest BCUT2D eigenvalue weighted by atomic mass is 10.1. The number of halogens is 1. The highest BCUT2D eigenvalue weighted by Crippen LogP contribution is 2.24. The molecule has 8 aromatic rings. The number of fused-ring (bicyclic) bond motifs is 3. The molecule has 3 N–H and O–H groups in total. The number of para-hydroxylation sites is 6. The molecule has 0 atom stereocenters. The summed E-state index contributed by atoms with van der Waals surface area (Å²) in [6, 6.07) is 38.2. The average molecular weight is 906 g/mol. The molecule has 0 aliphatic rings. The molecule has 0 saturated heterocycles. The van der Waals surface area contributed by atoms with Crippen LogP contribution in [0.3, 0.4) is 0 Å². The van der Waals surface area contributed by atoms with Crippen LogP contribution in [0, 0.1) is 0 Å². The Balaban J connectivity index is 0.000000161. The number of esters is 1. The van der Waals surface area contributed by atoms with Crippen molar-refractivity contribution in [3.63, 3.8) is 0 Å². The van der Waals surface area contributed by atoms with Crippen molar-refractivity contribution in [2.24, 2.45) is 0 Å². The van der Waals surface area contributed by atoms with Crippen LogP contribution in [-0.4, -0.2) is 94.0 Å². The lowest BCUT2D eigenvalue weighted by Crippen LogP contribution is -2.18. The highest BCUT2D eigenvalue weighted by atomic mass is 79.9. The number of aromatic nitrogens is 6. The SMILES string of the molecule is COCCn1c(Br)nc2ccccc21.COCCn1c(Cc2cccc(C(=O)NO)c2)nc2ccccc21.COCCn1c(Nc2cccc(C(=O)OC)c2)nc2ccccc21. The fourth-order valence-corrected chi connectivity index (χ4v) is 7.31. The Kier molecular flexibility index (Phi) is 16.3. The zero-order valence-corrected chi connectivity index (χ0v) is 36.5. The molecule has 0 fully saturated rings. The van der Waals surface area contributed by atoms with Gasteiger partial charge in [-0.15, -0.1) is 0 Å². The van der Waals surface area contributed by atoms with Gasteiger partial charge in [0.2, 0.25) is 5.95 Å². The summed E-state index contributed by atoms with van der Waals surface area (Å²) < 4.78 is 27.4. The molecule has 8 rings (SSSR count). The highest BCUT2D eigenvalue weighted by Gasteiger charge is 2.14. The summed E-state index contributed by atoms with van der Waals surface area (Å²) in [4.78, 5) is 37.0. The van der Waals surface area contributed by atoms with Crippen LogP contribution in [0.15, 0.2) is 126 Å². The number of hydroxylamine groups is 1. The monoisotopic (exact) mass is 904 g/mol. The second kappa shape index (κ2) is 22.4. The minimum absolute atomic E-state index is 0.369. The van der Waals surface area contributed by atoms with Gasteiger partial charge >= 0.3 is 5.97 Å². The number of nitrogens with zero attached hydrogens (tertiary/aromatic N) is 6. The van der Waals surface area contributed by atoms with Gasteiger partial charge in [-0.25, -0.2) is 25.2 Å². The number of hydrogen-bond acceptors (Lipinski definition) is 11. The smallest absolute Gasteiger partial charge is 0.337 e. The van der Waals surface area contributed by atoms with E-state index in [1.54, 1.807) is 63.2 Å². The van der Waals surface area contributed by atoms with Gasteiger partial charge in [-0.3, -0.25) is 10.0 Å². The standard InChI is InChI=1S/2C18H19N3O3.C10H11BrN2O/c1-23-11-10-21-16-9-4-3-8-15(16)20-18(21)19-14-7-5-6-13(12-14)17(22)24-2;1-24-10-9-21-16-8-3-2-7-15(16)19-17(21)12-13-5-4-6-14(11-13)18(22)20-23;1-14-7-6-13-9-5-3-2-4-8(9)12-10(13)11/h3-9,12H,10-11H2,1-2H3,(H,19,20);2-8,11,23H,9-10,12H2,1H3,(H,20,22);2-5H,6-7H2,1H3. The summed E-state index contributed by atoms with van der Waals surface area (Å²) in [6.45, 7) is 4.08. The van der Waals surface area contributed by atoms with Gasteiger partial charge in [0.1, 0.15) is 5.82 Å². The Morgan fingerprint density at radius 2 is 1.15 bits per heavy atom. The Labute approximate surface area is 367 Å². The van der Waals surface area contributed by atoms with Crippen molar-refractivity contribution < 1.29 is 33.7 Å². The average Bonchev–Trinajstić information content (AvgIpc) is 3.95. The van der Waals surface area contributed by atoms with Crippen molar-refractivity contribution in [2.75, 3.05) is 53.6 Å². The summed E-state index contributed by atoms with van der Waals surface area (Å²) >= 11 is 3.44. The number of benzene rings is 5. The first-order valence-corrected chi connectivity index (χ1v) is 20.5. The number of hydrogen-bond donors (Lipinski definition) is 3. The molecule has 0 bridgehead atoms. The van der Waals surface area contributed by atoms with Gasteiger partial charge in [0.25, 0.3) is 5.91 Å². The van der Waals surface area contributed by atoms with Crippen molar-refractivity contribution in [1.29, 1.82) is 0 Å². The number of carbonyl (C=O) groups excluding carboxylic acids is 2. The van der Waals surface area contributed by atoms with Crippen molar-refractivity contribution in [3.8, 4) is 0 Å². The number of imidazole rings is 3. The number of rotatable bonds is 15. The Hall–Kier alpha value is -6.43. The maximum atomic E-state index is 11.7. The van der Waals surface area contributed by atoms with Gasteiger partial charge in [-0.1, -0.05) is 54.6 Å². The summed E-state index contributed by atoms with van der Waals surface area (Å²) in [7, 11) is 6.42.